The van der Waals surface area contributed by atoms with Crippen LogP contribution in [-0.2, 0) is 27.2 Å². The molecular formula is C20H29NO3. The van der Waals surface area contributed by atoms with Gasteiger partial charge in [-0.15, -0.1) is 0 Å². The fourth-order valence-electron chi connectivity index (χ4n) is 3.52. The van der Waals surface area contributed by atoms with E-state index in [0.717, 1.165) is 12.8 Å². The van der Waals surface area contributed by atoms with Crippen LogP contribution in [0.15, 0.2) is 24.3 Å². The predicted octanol–water partition coefficient (Wildman–Crippen LogP) is 3.13. The average molecular weight is 331 g/mol. The van der Waals surface area contributed by atoms with Crippen LogP contribution in [-0.4, -0.2) is 24.5 Å². The second kappa shape index (κ2) is 7.37. The van der Waals surface area contributed by atoms with Crippen LogP contribution >= 0.6 is 0 Å². The van der Waals surface area contributed by atoms with Gasteiger partial charge in [0, 0.05) is 0 Å². The van der Waals surface area contributed by atoms with Gasteiger partial charge in [0.25, 0.3) is 0 Å². The average Bonchev–Trinajstić information content (AvgIpc) is 2.91. The molecule has 0 spiro atoms. The lowest BCUT2D eigenvalue weighted by molar-refractivity contribution is -0.145. The molecule has 0 bridgehead atoms. The van der Waals surface area contributed by atoms with Gasteiger partial charge in [0.15, 0.2) is 0 Å². The Balaban J connectivity index is 2.19. The highest BCUT2D eigenvalue weighted by Gasteiger charge is 2.42. The van der Waals surface area contributed by atoms with Gasteiger partial charge >= 0.3 is 5.97 Å². The van der Waals surface area contributed by atoms with Gasteiger partial charge in [-0.2, -0.15) is 0 Å². The molecule has 4 nitrogen and oxygen atoms in total. The van der Waals surface area contributed by atoms with E-state index < -0.39 is 0 Å². The molecule has 4 heteroatoms. The Morgan fingerprint density at radius 3 is 2.08 bits per heavy atom. The summed E-state index contributed by atoms with van der Waals surface area (Å²) in [4.78, 5) is 24.6. The van der Waals surface area contributed by atoms with Crippen molar-refractivity contribution in [2.45, 2.75) is 52.5 Å². The van der Waals surface area contributed by atoms with Crippen LogP contribution in [0.1, 0.15) is 45.2 Å². The highest BCUT2D eigenvalue weighted by molar-refractivity contribution is 5.84. The van der Waals surface area contributed by atoms with E-state index in [0.29, 0.717) is 5.92 Å². The Bertz CT molecular complexity index is 582. The fraction of sp³-hybridized carbons (Fsp3) is 0.600. The topological polar surface area (TPSA) is 55.4 Å². The van der Waals surface area contributed by atoms with Crippen LogP contribution in [0.2, 0.25) is 0 Å². The summed E-state index contributed by atoms with van der Waals surface area (Å²) in [5, 5.41) is 3.30. The van der Waals surface area contributed by atoms with Crippen molar-refractivity contribution < 1.29 is 14.3 Å². The summed E-state index contributed by atoms with van der Waals surface area (Å²) in [5.74, 6) is -0.359. The molecule has 1 atom stereocenters. The molecule has 0 aliphatic heterocycles. The number of methoxy groups -OCH3 is 1. The van der Waals surface area contributed by atoms with E-state index in [1.54, 1.807) is 0 Å². The molecule has 132 valence electrons. The minimum Gasteiger partial charge on any atom is -0.469 e. The third kappa shape index (κ3) is 3.80. The number of rotatable bonds is 6. The maximum atomic E-state index is 12.9. The molecule has 2 rings (SSSR count). The van der Waals surface area contributed by atoms with Gasteiger partial charge in [-0.25, -0.2) is 0 Å². The first kappa shape index (κ1) is 18.5. The Morgan fingerprint density at radius 2 is 1.67 bits per heavy atom. The second-order valence-electron chi connectivity index (χ2n) is 7.55. The summed E-state index contributed by atoms with van der Waals surface area (Å²) in [5.41, 5.74) is 2.34. The van der Waals surface area contributed by atoms with Gasteiger partial charge < -0.3 is 10.1 Å². The maximum absolute atomic E-state index is 12.9. The van der Waals surface area contributed by atoms with Crippen molar-refractivity contribution in [1.82, 2.24) is 5.32 Å². The Morgan fingerprint density at radius 1 is 1.12 bits per heavy atom. The zero-order valence-corrected chi connectivity index (χ0v) is 15.4. The van der Waals surface area contributed by atoms with E-state index in [2.05, 4.69) is 31.3 Å². The molecule has 24 heavy (non-hydrogen) atoms. The number of fused-ring (bicyclic) bond motifs is 1. The number of carbonyl (C=O) groups excluding carboxylic acids is 2. The van der Waals surface area contributed by atoms with Gasteiger partial charge in [-0.1, -0.05) is 52.0 Å². The number of carbonyl (C=O) groups is 2. The Kier molecular flexibility index (Phi) is 5.68. The quantitative estimate of drug-likeness (QED) is 0.815. The van der Waals surface area contributed by atoms with Crippen LogP contribution in [0.5, 0.6) is 0 Å². The maximum Gasteiger partial charge on any atom is 0.306 e. The molecule has 1 aromatic rings. The molecule has 1 aliphatic carbocycles. The van der Waals surface area contributed by atoms with Crippen molar-refractivity contribution in [2.75, 3.05) is 7.11 Å². The van der Waals surface area contributed by atoms with Crippen LogP contribution in [0.25, 0.3) is 0 Å². The zero-order valence-electron chi connectivity index (χ0n) is 15.4. The number of benzene rings is 1. The molecule has 0 radical (unpaired) electrons. The second-order valence-corrected chi connectivity index (χ2v) is 7.55. The molecular weight excluding hydrogens is 302 g/mol. The minimum absolute atomic E-state index is 0.0445. The third-order valence-electron chi connectivity index (χ3n) is 5.36. The van der Waals surface area contributed by atoms with Crippen molar-refractivity contribution in [3.63, 3.8) is 0 Å². The highest BCUT2D eigenvalue weighted by Crippen LogP contribution is 2.36. The van der Waals surface area contributed by atoms with Crippen LogP contribution in [0, 0.1) is 17.8 Å². The van der Waals surface area contributed by atoms with Crippen molar-refractivity contribution in [1.29, 1.82) is 0 Å². The molecule has 0 saturated carbocycles. The van der Waals surface area contributed by atoms with Gasteiger partial charge in [0.2, 0.25) is 5.91 Å². The lowest BCUT2D eigenvalue weighted by Gasteiger charge is -2.36. The molecule has 0 heterocycles. The van der Waals surface area contributed by atoms with E-state index in [-0.39, 0.29) is 35.7 Å². The van der Waals surface area contributed by atoms with E-state index in [1.807, 2.05) is 26.0 Å². The van der Waals surface area contributed by atoms with Crippen molar-refractivity contribution in [3.05, 3.63) is 35.4 Å². The number of esters is 1. The first-order valence-electron chi connectivity index (χ1n) is 8.74. The zero-order chi connectivity index (χ0) is 17.9. The summed E-state index contributed by atoms with van der Waals surface area (Å²) >= 11 is 0. The van der Waals surface area contributed by atoms with E-state index in [1.165, 1.54) is 18.2 Å². The summed E-state index contributed by atoms with van der Waals surface area (Å²) in [6.45, 7) is 8.24. The Labute approximate surface area is 145 Å². The summed E-state index contributed by atoms with van der Waals surface area (Å²) in [7, 11) is 1.36. The Hall–Kier alpha value is -1.84. The number of amides is 1. The lowest BCUT2D eigenvalue weighted by atomic mass is 9.81. The normalized spacial score (nSPS) is 16.8. The van der Waals surface area contributed by atoms with Gasteiger partial charge in [-0.3, -0.25) is 9.59 Å². The molecule has 1 aliphatic rings. The smallest absolute Gasteiger partial charge is 0.306 e. The fourth-order valence-corrected chi connectivity index (χ4v) is 3.52. The van der Waals surface area contributed by atoms with Gasteiger partial charge in [-0.05, 0) is 35.8 Å². The summed E-state index contributed by atoms with van der Waals surface area (Å²) in [6, 6.07) is 8.37. The lowest BCUT2D eigenvalue weighted by Crippen LogP contribution is -2.55. The van der Waals surface area contributed by atoms with Gasteiger partial charge in [0.1, 0.15) is 0 Å². The van der Waals surface area contributed by atoms with Gasteiger partial charge in [0.05, 0.1) is 25.0 Å². The number of hydrogen-bond donors (Lipinski definition) is 1. The minimum atomic E-state index is -0.364. The molecule has 1 aromatic carbocycles. The third-order valence-corrected chi connectivity index (χ3v) is 5.36. The summed E-state index contributed by atoms with van der Waals surface area (Å²) in [6.07, 6.45) is 1.81. The van der Waals surface area contributed by atoms with Crippen LogP contribution in [0.4, 0.5) is 0 Å². The van der Waals surface area contributed by atoms with E-state index in [4.69, 9.17) is 4.74 Å². The molecule has 0 unspecified atom stereocenters. The first-order valence-corrected chi connectivity index (χ1v) is 8.74. The SMILES string of the molecule is COC(=O)C[C@H](C(=O)NC1(C(C)C)Cc2ccccc2C1)C(C)C. The summed E-state index contributed by atoms with van der Waals surface area (Å²) < 4.78 is 4.76. The first-order chi connectivity index (χ1) is 11.3. The van der Waals surface area contributed by atoms with Crippen molar-refractivity contribution in [2.24, 2.45) is 17.8 Å². The monoisotopic (exact) mass is 331 g/mol. The largest absolute Gasteiger partial charge is 0.469 e. The molecule has 1 amide bonds. The molecule has 0 fully saturated rings. The predicted molar refractivity (Wildman–Crippen MR) is 94.5 cm³/mol. The van der Waals surface area contributed by atoms with Crippen molar-refractivity contribution in [3.8, 4) is 0 Å². The number of hydrogen-bond acceptors (Lipinski definition) is 3. The molecule has 0 aromatic heterocycles. The highest BCUT2D eigenvalue weighted by atomic mass is 16.5. The number of nitrogens with one attached hydrogen (secondary N) is 1. The van der Waals surface area contributed by atoms with Crippen LogP contribution < -0.4 is 5.32 Å². The molecule has 1 N–H and O–H groups in total. The molecule has 0 saturated heterocycles. The van der Waals surface area contributed by atoms with E-state index in [9.17, 15) is 9.59 Å². The standard InChI is InChI=1S/C20H29NO3/c1-13(2)17(10-18(22)24-5)19(23)21-20(14(3)4)11-15-8-6-7-9-16(15)12-20/h6-9,13-14,17H,10-12H2,1-5H3,(H,21,23)/t17-/m0/s1. The van der Waals surface area contributed by atoms with E-state index >= 15 is 0 Å². The number of ether oxygens (including phenoxy) is 1. The van der Waals surface area contributed by atoms with Crippen molar-refractivity contribution >= 4 is 11.9 Å². The van der Waals surface area contributed by atoms with Crippen LogP contribution in [0.3, 0.4) is 0 Å².